The molecule has 2 aromatic rings. The molecule has 0 aliphatic carbocycles. The number of carbonyl (C=O) groups is 1. The molecule has 0 spiro atoms. The summed E-state index contributed by atoms with van der Waals surface area (Å²) >= 11 is 0. The smallest absolute Gasteiger partial charge is 0.255 e. The van der Waals surface area contributed by atoms with Crippen LogP contribution in [0.15, 0.2) is 36.4 Å². The maximum Gasteiger partial charge on any atom is 0.255 e. The fourth-order valence-corrected chi connectivity index (χ4v) is 3.02. The van der Waals surface area contributed by atoms with E-state index in [9.17, 15) is 4.79 Å². The van der Waals surface area contributed by atoms with Gasteiger partial charge in [0, 0.05) is 24.3 Å². The van der Waals surface area contributed by atoms with Crippen LogP contribution in [0.1, 0.15) is 22.8 Å². The van der Waals surface area contributed by atoms with E-state index < -0.39 is 0 Å². The predicted octanol–water partition coefficient (Wildman–Crippen LogP) is 3.06. The lowest BCUT2D eigenvalue weighted by Crippen LogP contribution is -2.36. The van der Waals surface area contributed by atoms with Gasteiger partial charge in [-0.2, -0.15) is 0 Å². The summed E-state index contributed by atoms with van der Waals surface area (Å²) in [6.07, 6.45) is 0. The lowest BCUT2D eigenvalue weighted by atomic mass is 10.1. The number of hydrogen-bond acceptors (Lipinski definition) is 5. The van der Waals surface area contributed by atoms with Gasteiger partial charge in [-0.3, -0.25) is 4.79 Å². The zero-order chi connectivity index (χ0) is 18.5. The summed E-state index contributed by atoms with van der Waals surface area (Å²) in [4.78, 5) is 14.8. The Morgan fingerprint density at radius 3 is 2.77 bits per heavy atom. The Kier molecular flexibility index (Phi) is 5.63. The van der Waals surface area contributed by atoms with Gasteiger partial charge in [0.2, 0.25) is 0 Å². The molecule has 3 rings (SSSR count). The largest absolute Gasteiger partial charge is 0.494 e. The van der Waals surface area contributed by atoms with Gasteiger partial charge in [-0.15, -0.1) is 0 Å². The third-order valence-corrected chi connectivity index (χ3v) is 4.38. The summed E-state index contributed by atoms with van der Waals surface area (Å²) < 4.78 is 10.9. The molecule has 1 aliphatic heterocycles. The van der Waals surface area contributed by atoms with E-state index in [1.54, 1.807) is 12.1 Å². The number of ether oxygens (including phenoxy) is 2. The van der Waals surface area contributed by atoms with Crippen LogP contribution in [0.5, 0.6) is 5.75 Å². The van der Waals surface area contributed by atoms with Gasteiger partial charge < -0.3 is 25.4 Å². The zero-order valence-corrected chi connectivity index (χ0v) is 15.2. The summed E-state index contributed by atoms with van der Waals surface area (Å²) in [5, 5.41) is 2.99. The van der Waals surface area contributed by atoms with Crippen LogP contribution in [-0.2, 0) is 4.74 Å². The first-order valence-corrected chi connectivity index (χ1v) is 8.85. The van der Waals surface area contributed by atoms with Crippen molar-refractivity contribution in [1.82, 2.24) is 0 Å². The van der Waals surface area contributed by atoms with E-state index >= 15 is 0 Å². The van der Waals surface area contributed by atoms with Gasteiger partial charge in [0.1, 0.15) is 5.75 Å². The van der Waals surface area contributed by atoms with Gasteiger partial charge in [-0.25, -0.2) is 0 Å². The third kappa shape index (κ3) is 4.08. The summed E-state index contributed by atoms with van der Waals surface area (Å²) in [5.74, 6) is 0.510. The van der Waals surface area contributed by atoms with Crippen LogP contribution in [0.2, 0.25) is 0 Å². The SMILES string of the molecule is CCOc1cccc(C(=O)Nc2cc(N3CCOCC3)c(N)cc2C)c1. The quantitative estimate of drug-likeness (QED) is 0.806. The molecule has 26 heavy (non-hydrogen) atoms. The number of rotatable bonds is 5. The van der Waals surface area contributed by atoms with Crippen molar-refractivity contribution in [3.05, 3.63) is 47.5 Å². The summed E-state index contributed by atoms with van der Waals surface area (Å²) in [5.41, 5.74) is 10.1. The van der Waals surface area contributed by atoms with E-state index in [1.807, 2.05) is 38.1 Å². The van der Waals surface area contributed by atoms with Crippen LogP contribution in [0.25, 0.3) is 0 Å². The van der Waals surface area contributed by atoms with E-state index in [-0.39, 0.29) is 5.91 Å². The molecular weight excluding hydrogens is 330 g/mol. The molecule has 0 radical (unpaired) electrons. The third-order valence-electron chi connectivity index (χ3n) is 4.38. The highest BCUT2D eigenvalue weighted by Gasteiger charge is 2.17. The number of nitrogen functional groups attached to an aromatic ring is 1. The number of nitrogens with zero attached hydrogens (tertiary/aromatic N) is 1. The minimum atomic E-state index is -0.174. The molecule has 138 valence electrons. The van der Waals surface area contributed by atoms with Crippen LogP contribution >= 0.6 is 0 Å². The summed E-state index contributed by atoms with van der Waals surface area (Å²) in [6.45, 7) is 7.35. The highest BCUT2D eigenvalue weighted by atomic mass is 16.5. The molecule has 1 aliphatic rings. The van der Waals surface area contributed by atoms with E-state index in [2.05, 4.69) is 10.2 Å². The van der Waals surface area contributed by atoms with Crippen molar-refractivity contribution in [3.8, 4) is 5.75 Å². The molecular formula is C20H25N3O3. The number of morpholine rings is 1. The number of benzene rings is 2. The molecule has 0 aromatic heterocycles. The topological polar surface area (TPSA) is 76.8 Å². The van der Waals surface area contributed by atoms with Crippen molar-refractivity contribution >= 4 is 23.0 Å². The first-order chi connectivity index (χ1) is 12.6. The first kappa shape index (κ1) is 18.1. The average Bonchev–Trinajstić information content (AvgIpc) is 2.65. The van der Waals surface area contributed by atoms with Crippen LogP contribution in [0.4, 0.5) is 17.1 Å². The van der Waals surface area contributed by atoms with Gasteiger partial charge in [0.15, 0.2) is 0 Å². The number of hydrogen-bond donors (Lipinski definition) is 2. The lowest BCUT2D eigenvalue weighted by molar-refractivity contribution is 0.102. The van der Waals surface area contributed by atoms with Crippen molar-refractivity contribution in [3.63, 3.8) is 0 Å². The van der Waals surface area contributed by atoms with Crippen molar-refractivity contribution in [2.75, 3.05) is 48.9 Å². The molecule has 6 nitrogen and oxygen atoms in total. The second-order valence-electron chi connectivity index (χ2n) is 6.24. The number of anilines is 3. The minimum Gasteiger partial charge on any atom is -0.494 e. The fraction of sp³-hybridized carbons (Fsp3) is 0.350. The molecule has 3 N–H and O–H groups in total. The fourth-order valence-electron chi connectivity index (χ4n) is 3.02. The average molecular weight is 355 g/mol. The summed E-state index contributed by atoms with van der Waals surface area (Å²) in [7, 11) is 0. The van der Waals surface area contributed by atoms with Crippen LogP contribution in [0, 0.1) is 6.92 Å². The maximum atomic E-state index is 12.7. The Morgan fingerprint density at radius 1 is 1.27 bits per heavy atom. The molecule has 0 unspecified atom stereocenters. The molecule has 0 bridgehead atoms. The minimum absolute atomic E-state index is 0.174. The Hall–Kier alpha value is -2.73. The number of carbonyl (C=O) groups excluding carboxylic acids is 1. The number of nitrogens with one attached hydrogen (secondary N) is 1. The second kappa shape index (κ2) is 8.10. The number of aryl methyl sites for hydroxylation is 1. The Balaban J connectivity index is 1.82. The van der Waals surface area contributed by atoms with Crippen LogP contribution in [0.3, 0.4) is 0 Å². The van der Waals surface area contributed by atoms with Crippen molar-refractivity contribution in [1.29, 1.82) is 0 Å². The molecule has 1 fully saturated rings. The normalized spacial score (nSPS) is 14.2. The Morgan fingerprint density at radius 2 is 2.04 bits per heavy atom. The molecule has 1 saturated heterocycles. The van der Waals surface area contributed by atoms with Gasteiger partial charge in [-0.05, 0) is 49.7 Å². The van der Waals surface area contributed by atoms with Gasteiger partial charge >= 0.3 is 0 Å². The Bertz CT molecular complexity index is 786. The van der Waals surface area contributed by atoms with Crippen LogP contribution in [-0.4, -0.2) is 38.8 Å². The second-order valence-corrected chi connectivity index (χ2v) is 6.24. The van der Waals surface area contributed by atoms with Crippen molar-refractivity contribution in [2.24, 2.45) is 0 Å². The zero-order valence-electron chi connectivity index (χ0n) is 15.2. The van der Waals surface area contributed by atoms with Crippen molar-refractivity contribution < 1.29 is 14.3 Å². The first-order valence-electron chi connectivity index (χ1n) is 8.85. The highest BCUT2D eigenvalue weighted by Crippen LogP contribution is 2.31. The van der Waals surface area contributed by atoms with Crippen molar-refractivity contribution in [2.45, 2.75) is 13.8 Å². The molecule has 6 heteroatoms. The summed E-state index contributed by atoms with van der Waals surface area (Å²) in [6, 6.07) is 11.0. The molecule has 0 atom stereocenters. The van der Waals surface area contributed by atoms with E-state index in [1.165, 1.54) is 0 Å². The van der Waals surface area contributed by atoms with E-state index in [4.69, 9.17) is 15.2 Å². The van der Waals surface area contributed by atoms with E-state index in [0.29, 0.717) is 36.8 Å². The van der Waals surface area contributed by atoms with Gasteiger partial charge in [-0.1, -0.05) is 6.07 Å². The number of amides is 1. The predicted molar refractivity (Wildman–Crippen MR) is 104 cm³/mol. The monoisotopic (exact) mass is 355 g/mol. The number of nitrogens with two attached hydrogens (primary N) is 1. The standard InChI is InChI=1S/C20H25N3O3/c1-3-26-16-6-4-5-15(12-16)20(24)22-18-13-19(17(21)11-14(18)2)23-7-9-25-10-8-23/h4-6,11-13H,3,7-10,21H2,1-2H3,(H,22,24). The van der Waals surface area contributed by atoms with E-state index in [0.717, 1.165) is 30.0 Å². The molecule has 1 heterocycles. The highest BCUT2D eigenvalue weighted by molar-refractivity contribution is 6.05. The lowest BCUT2D eigenvalue weighted by Gasteiger charge is -2.30. The Labute approximate surface area is 153 Å². The molecule has 1 amide bonds. The molecule has 0 saturated carbocycles. The van der Waals surface area contributed by atoms with Crippen LogP contribution < -0.4 is 20.7 Å². The molecule has 2 aromatic carbocycles. The maximum absolute atomic E-state index is 12.7. The van der Waals surface area contributed by atoms with Gasteiger partial charge in [0.25, 0.3) is 5.91 Å². The van der Waals surface area contributed by atoms with Gasteiger partial charge in [0.05, 0.1) is 31.2 Å².